The molecule has 1 fully saturated rings. The van der Waals surface area contributed by atoms with E-state index in [-0.39, 0.29) is 11.8 Å². The fourth-order valence-electron chi connectivity index (χ4n) is 3.01. The topological polar surface area (TPSA) is 61.9 Å². The molecule has 1 heterocycles. The lowest BCUT2D eigenvalue weighted by Crippen LogP contribution is -2.47. The minimum absolute atomic E-state index is 0.0805. The van der Waals surface area contributed by atoms with Crippen LogP contribution in [0.3, 0.4) is 0 Å². The number of nitrogens with zero attached hydrogens (tertiary/aromatic N) is 2. The van der Waals surface area contributed by atoms with Crippen molar-refractivity contribution >= 4 is 45.0 Å². The summed E-state index contributed by atoms with van der Waals surface area (Å²) in [6.07, 6.45) is -0.765. The zero-order valence-electron chi connectivity index (χ0n) is 16.3. The van der Waals surface area contributed by atoms with Gasteiger partial charge in [0.05, 0.1) is 15.7 Å². The maximum Gasteiger partial charge on any atom is 0.265 e. The van der Waals surface area contributed by atoms with Crippen molar-refractivity contribution in [2.45, 2.75) is 13.0 Å². The Kier molecular flexibility index (Phi) is 7.16. The van der Waals surface area contributed by atoms with E-state index in [9.17, 15) is 9.59 Å². The number of ether oxygens (including phenoxy) is 1. The van der Waals surface area contributed by atoms with E-state index in [0.717, 1.165) is 13.1 Å². The summed E-state index contributed by atoms with van der Waals surface area (Å²) in [7, 11) is 2.04. The van der Waals surface area contributed by atoms with Crippen LogP contribution in [0.1, 0.15) is 17.3 Å². The van der Waals surface area contributed by atoms with Gasteiger partial charge >= 0.3 is 0 Å². The number of carbonyl (C=O) groups excluding carboxylic acids is 2. The van der Waals surface area contributed by atoms with Crippen LogP contribution in [0.4, 0.5) is 5.69 Å². The average Bonchev–Trinajstić information content (AvgIpc) is 2.70. The van der Waals surface area contributed by atoms with Gasteiger partial charge in [-0.3, -0.25) is 9.59 Å². The maximum atomic E-state index is 13.0. The lowest BCUT2D eigenvalue weighted by Gasteiger charge is -2.32. The molecule has 1 aliphatic rings. The molecule has 0 radical (unpaired) electrons. The fourth-order valence-corrected chi connectivity index (χ4v) is 3.78. The molecule has 2 amide bonds. The predicted octanol–water partition coefficient (Wildman–Crippen LogP) is 3.90. The quantitative estimate of drug-likeness (QED) is 0.705. The van der Waals surface area contributed by atoms with Gasteiger partial charge in [0, 0.05) is 31.2 Å². The molecule has 1 aliphatic heterocycles. The number of hydrogen-bond donors (Lipinski definition) is 1. The van der Waals surface area contributed by atoms with Crippen molar-refractivity contribution in [3.8, 4) is 5.75 Å². The number of piperazine rings is 1. The van der Waals surface area contributed by atoms with Crippen LogP contribution in [0.5, 0.6) is 5.75 Å². The molecule has 0 bridgehead atoms. The van der Waals surface area contributed by atoms with Crippen molar-refractivity contribution in [1.29, 1.82) is 0 Å². The number of carbonyl (C=O) groups is 2. The molecule has 3 rings (SSSR count). The molecule has 0 saturated carbocycles. The lowest BCUT2D eigenvalue weighted by atomic mass is 10.1. The highest BCUT2D eigenvalue weighted by atomic mass is 79.9. The van der Waals surface area contributed by atoms with Crippen molar-refractivity contribution < 1.29 is 14.3 Å². The summed E-state index contributed by atoms with van der Waals surface area (Å²) < 4.78 is 6.41. The first-order valence-electron chi connectivity index (χ1n) is 9.34. The van der Waals surface area contributed by atoms with Gasteiger partial charge in [-0.15, -0.1) is 0 Å². The first kappa shape index (κ1) is 21.6. The third kappa shape index (κ3) is 5.50. The Balaban J connectivity index is 1.69. The zero-order chi connectivity index (χ0) is 21.0. The highest BCUT2D eigenvalue weighted by Gasteiger charge is 2.24. The van der Waals surface area contributed by atoms with Gasteiger partial charge in [-0.2, -0.15) is 0 Å². The van der Waals surface area contributed by atoms with E-state index >= 15 is 0 Å². The number of anilines is 1. The summed E-state index contributed by atoms with van der Waals surface area (Å²) in [5.41, 5.74) is 0.956. The van der Waals surface area contributed by atoms with E-state index in [4.69, 9.17) is 16.3 Å². The minimum atomic E-state index is -0.765. The van der Waals surface area contributed by atoms with Gasteiger partial charge in [0.25, 0.3) is 11.8 Å². The summed E-state index contributed by atoms with van der Waals surface area (Å²) in [4.78, 5) is 29.6. The summed E-state index contributed by atoms with van der Waals surface area (Å²) in [5, 5.41) is 3.39. The monoisotopic (exact) mass is 479 g/mol. The zero-order valence-corrected chi connectivity index (χ0v) is 18.7. The number of halogens is 2. The van der Waals surface area contributed by atoms with Gasteiger partial charge in [0.2, 0.25) is 0 Å². The Hall–Kier alpha value is -2.09. The van der Waals surface area contributed by atoms with Crippen LogP contribution in [0.25, 0.3) is 0 Å². The summed E-state index contributed by atoms with van der Waals surface area (Å²) >= 11 is 9.31. The molecule has 0 unspecified atom stereocenters. The summed E-state index contributed by atoms with van der Waals surface area (Å²) in [5.74, 6) is 0.0901. The molecule has 6 nitrogen and oxygen atoms in total. The van der Waals surface area contributed by atoms with Gasteiger partial charge in [0.1, 0.15) is 5.75 Å². The summed E-state index contributed by atoms with van der Waals surface area (Å²) in [6.45, 7) is 4.66. The Bertz CT molecular complexity index is 900. The second kappa shape index (κ2) is 9.61. The number of benzene rings is 2. The Labute approximate surface area is 183 Å². The molecule has 1 atom stereocenters. The Morgan fingerprint density at radius 1 is 1.14 bits per heavy atom. The van der Waals surface area contributed by atoms with Crippen LogP contribution in [-0.2, 0) is 4.79 Å². The number of likely N-dealkylation sites (N-methyl/N-ethyl adjacent to an activating group) is 1. The van der Waals surface area contributed by atoms with Crippen molar-refractivity contribution in [3.05, 3.63) is 57.5 Å². The van der Waals surface area contributed by atoms with Crippen LogP contribution in [0.15, 0.2) is 46.9 Å². The van der Waals surface area contributed by atoms with Crippen molar-refractivity contribution in [2.75, 3.05) is 38.5 Å². The third-order valence-electron chi connectivity index (χ3n) is 4.77. The molecule has 1 saturated heterocycles. The first-order chi connectivity index (χ1) is 13.8. The molecular formula is C21H23BrClN3O3. The molecular weight excluding hydrogens is 458 g/mol. The molecule has 1 N–H and O–H groups in total. The molecule has 0 aromatic heterocycles. The van der Waals surface area contributed by atoms with E-state index in [1.54, 1.807) is 49.4 Å². The highest BCUT2D eigenvalue weighted by Crippen LogP contribution is 2.29. The number of amides is 2. The van der Waals surface area contributed by atoms with Gasteiger partial charge in [0.15, 0.2) is 6.10 Å². The van der Waals surface area contributed by atoms with E-state index in [1.807, 2.05) is 11.9 Å². The van der Waals surface area contributed by atoms with E-state index in [2.05, 4.69) is 26.1 Å². The first-order valence-corrected chi connectivity index (χ1v) is 10.5. The van der Waals surface area contributed by atoms with E-state index in [0.29, 0.717) is 39.6 Å². The van der Waals surface area contributed by atoms with Crippen LogP contribution in [-0.4, -0.2) is 60.9 Å². The van der Waals surface area contributed by atoms with Crippen molar-refractivity contribution in [1.82, 2.24) is 9.80 Å². The maximum absolute atomic E-state index is 13.0. The van der Waals surface area contributed by atoms with Crippen LogP contribution in [0.2, 0.25) is 5.02 Å². The number of rotatable bonds is 5. The van der Waals surface area contributed by atoms with Gasteiger partial charge < -0.3 is 19.9 Å². The molecule has 2 aromatic rings. The average molecular weight is 481 g/mol. The fraction of sp³-hybridized carbons (Fsp3) is 0.333. The number of para-hydroxylation sites is 1. The Morgan fingerprint density at radius 2 is 1.83 bits per heavy atom. The van der Waals surface area contributed by atoms with Crippen LogP contribution < -0.4 is 10.1 Å². The lowest BCUT2D eigenvalue weighted by molar-refractivity contribution is -0.122. The van der Waals surface area contributed by atoms with Crippen molar-refractivity contribution in [3.63, 3.8) is 0 Å². The molecule has 2 aromatic carbocycles. The highest BCUT2D eigenvalue weighted by molar-refractivity contribution is 9.10. The van der Waals surface area contributed by atoms with Gasteiger partial charge in [-0.25, -0.2) is 0 Å². The van der Waals surface area contributed by atoms with Gasteiger partial charge in [-0.1, -0.05) is 23.7 Å². The standard InChI is InChI=1S/C21H23BrClN3O3/c1-14(29-19-8-7-15(23)13-17(19)22)20(27)24-18-6-4-3-5-16(18)21(28)26-11-9-25(2)10-12-26/h3-8,13-14H,9-12H2,1-2H3,(H,24,27)/t14-/m0/s1. The molecule has 0 spiro atoms. The van der Waals surface area contributed by atoms with E-state index in [1.165, 1.54) is 0 Å². The van der Waals surface area contributed by atoms with Gasteiger partial charge in [-0.05, 0) is 60.2 Å². The summed E-state index contributed by atoms with van der Waals surface area (Å²) in [6, 6.07) is 12.1. The van der Waals surface area contributed by atoms with Crippen LogP contribution >= 0.6 is 27.5 Å². The Morgan fingerprint density at radius 3 is 2.52 bits per heavy atom. The molecule has 154 valence electrons. The largest absolute Gasteiger partial charge is 0.480 e. The SMILES string of the molecule is C[C@H](Oc1ccc(Cl)cc1Br)C(=O)Nc1ccccc1C(=O)N1CCN(C)CC1. The van der Waals surface area contributed by atoms with E-state index < -0.39 is 6.10 Å². The van der Waals surface area contributed by atoms with Crippen LogP contribution in [0, 0.1) is 0 Å². The normalized spacial score (nSPS) is 15.7. The minimum Gasteiger partial charge on any atom is -0.480 e. The second-order valence-corrected chi connectivity index (χ2v) is 8.26. The smallest absolute Gasteiger partial charge is 0.265 e. The predicted molar refractivity (Wildman–Crippen MR) is 118 cm³/mol. The third-order valence-corrected chi connectivity index (χ3v) is 5.63. The number of nitrogens with one attached hydrogen (secondary N) is 1. The van der Waals surface area contributed by atoms with Crippen molar-refractivity contribution in [2.24, 2.45) is 0 Å². The molecule has 8 heteroatoms. The second-order valence-electron chi connectivity index (χ2n) is 6.97. The molecule has 0 aliphatic carbocycles. The molecule has 29 heavy (non-hydrogen) atoms. The number of hydrogen-bond acceptors (Lipinski definition) is 4.